The van der Waals surface area contributed by atoms with Gasteiger partial charge in [-0.05, 0) is 24.3 Å². The van der Waals surface area contributed by atoms with Gasteiger partial charge in [-0.3, -0.25) is 9.30 Å². The van der Waals surface area contributed by atoms with Crippen LogP contribution in [0.25, 0.3) is 17.0 Å². The van der Waals surface area contributed by atoms with Crippen molar-refractivity contribution in [2.75, 3.05) is 63.3 Å². The van der Waals surface area contributed by atoms with Crippen LogP contribution in [0.2, 0.25) is 0 Å². The van der Waals surface area contributed by atoms with Crippen molar-refractivity contribution in [1.82, 2.24) is 24.3 Å². The van der Waals surface area contributed by atoms with Crippen molar-refractivity contribution in [1.29, 1.82) is 0 Å². The minimum absolute atomic E-state index is 0.140. The van der Waals surface area contributed by atoms with Crippen molar-refractivity contribution >= 4 is 28.9 Å². The number of hydrogen-bond donors (Lipinski definition) is 2. The lowest BCUT2D eigenvalue weighted by molar-refractivity contribution is -0.147. The molecule has 1 aliphatic rings. The number of aliphatic hydroxyl groups excluding tert-OH is 1. The zero-order valence-corrected chi connectivity index (χ0v) is 20.9. The van der Waals surface area contributed by atoms with Gasteiger partial charge < -0.3 is 24.8 Å². The number of esters is 1. The zero-order chi connectivity index (χ0) is 26.5. The molecule has 1 saturated heterocycles. The van der Waals surface area contributed by atoms with E-state index < -0.39 is 18.4 Å². The Morgan fingerprint density at radius 3 is 2.76 bits per heavy atom. The molecule has 0 amide bonds. The largest absolute Gasteiger partial charge is 0.494 e. The second kappa shape index (κ2) is 11.4. The van der Waals surface area contributed by atoms with E-state index in [0.29, 0.717) is 29.3 Å². The first-order valence-electron chi connectivity index (χ1n) is 12.2. The summed E-state index contributed by atoms with van der Waals surface area (Å²) >= 11 is 0. The number of imidazole rings is 1. The fourth-order valence-electron chi connectivity index (χ4n) is 4.38. The average molecular weight is 522 g/mol. The molecule has 3 aromatic heterocycles. The van der Waals surface area contributed by atoms with E-state index >= 15 is 0 Å². The molecule has 198 valence electrons. The molecule has 11 nitrogen and oxygen atoms in total. The minimum Gasteiger partial charge on any atom is -0.494 e. The molecule has 4 heterocycles. The molecule has 5 rings (SSSR count). The highest BCUT2D eigenvalue weighted by atomic mass is 19.1. The summed E-state index contributed by atoms with van der Waals surface area (Å²) in [6.45, 7) is 3.51. The van der Waals surface area contributed by atoms with Crippen LogP contribution in [-0.2, 0) is 9.53 Å². The normalized spacial score (nSPS) is 14.0. The number of nitrogens with one attached hydrogen (secondary N) is 1. The second-order valence-corrected chi connectivity index (χ2v) is 8.68. The topological polar surface area (TPSA) is 117 Å². The number of aromatic nitrogens is 4. The number of fused-ring (bicyclic) bond motifs is 1. The van der Waals surface area contributed by atoms with Gasteiger partial charge in [-0.25, -0.2) is 24.1 Å². The summed E-state index contributed by atoms with van der Waals surface area (Å²) < 4.78 is 27.0. The molecule has 38 heavy (non-hydrogen) atoms. The molecular formula is C26H28FN7O4. The van der Waals surface area contributed by atoms with E-state index in [1.54, 1.807) is 23.9 Å². The van der Waals surface area contributed by atoms with Crippen LogP contribution in [0.1, 0.15) is 0 Å². The highest BCUT2D eigenvalue weighted by molar-refractivity contribution is 5.70. The number of anilines is 3. The Balaban J connectivity index is 1.27. The number of nitrogens with zero attached hydrogens (tertiary/aromatic N) is 6. The Bertz CT molecular complexity index is 1420. The number of carbonyl (C=O) groups excluding carboxylic acids is 1. The first-order chi connectivity index (χ1) is 18.6. The first-order valence-corrected chi connectivity index (χ1v) is 12.2. The molecule has 1 fully saturated rings. The molecule has 4 aromatic rings. The molecule has 1 aliphatic heterocycles. The van der Waals surface area contributed by atoms with E-state index in [0.717, 1.165) is 38.1 Å². The van der Waals surface area contributed by atoms with E-state index in [9.17, 15) is 9.18 Å². The molecule has 0 radical (unpaired) electrons. The fourth-order valence-corrected chi connectivity index (χ4v) is 4.38. The van der Waals surface area contributed by atoms with Crippen molar-refractivity contribution in [3.05, 3.63) is 60.8 Å². The van der Waals surface area contributed by atoms with Gasteiger partial charge in [0.15, 0.2) is 5.82 Å². The number of hydrogen-bond acceptors (Lipinski definition) is 10. The quantitative estimate of drug-likeness (QED) is 0.318. The highest BCUT2D eigenvalue weighted by Crippen LogP contribution is 2.32. The number of ether oxygens (including phenoxy) is 2. The van der Waals surface area contributed by atoms with Crippen molar-refractivity contribution < 1.29 is 23.8 Å². The predicted molar refractivity (Wildman–Crippen MR) is 139 cm³/mol. The van der Waals surface area contributed by atoms with Gasteiger partial charge in [0.05, 0.1) is 30.9 Å². The maximum Gasteiger partial charge on any atom is 0.331 e. The third-order valence-electron chi connectivity index (χ3n) is 6.37. The van der Waals surface area contributed by atoms with Gasteiger partial charge in [-0.1, -0.05) is 6.07 Å². The maximum atomic E-state index is 14.7. The van der Waals surface area contributed by atoms with E-state index in [-0.39, 0.29) is 18.2 Å². The van der Waals surface area contributed by atoms with E-state index in [1.807, 2.05) is 36.4 Å². The Hall–Kier alpha value is -4.29. The lowest BCUT2D eigenvalue weighted by atomic mass is 10.2. The molecule has 2 N–H and O–H groups in total. The number of piperazine rings is 1. The molecule has 1 aromatic carbocycles. The van der Waals surface area contributed by atoms with Crippen LogP contribution in [0.3, 0.4) is 0 Å². The Morgan fingerprint density at radius 2 is 1.97 bits per heavy atom. The maximum absolute atomic E-state index is 14.7. The number of aliphatic hydroxyl groups is 1. The standard InChI is InChI=1S/C26H28FN7O4/c1-37-22-14-18(33-10-8-32(9-11-33)12-13-38-24(36)17-35)5-6-20(22)30-26-29-15-19(27)25(31-26)21-16-28-23-4-2-3-7-34(21)23/h2-7,14-16,35H,8-13,17H2,1H3,(H,29,30,31). The van der Waals surface area contributed by atoms with Crippen molar-refractivity contribution in [3.8, 4) is 17.1 Å². The van der Waals surface area contributed by atoms with Crippen LogP contribution in [-0.4, -0.2) is 88.4 Å². The van der Waals surface area contributed by atoms with E-state index in [4.69, 9.17) is 14.6 Å². The third-order valence-corrected chi connectivity index (χ3v) is 6.37. The van der Waals surface area contributed by atoms with Gasteiger partial charge >= 0.3 is 5.97 Å². The molecular weight excluding hydrogens is 493 g/mol. The van der Waals surface area contributed by atoms with E-state index in [2.05, 4.69) is 30.1 Å². The molecule has 0 saturated carbocycles. The van der Waals surface area contributed by atoms with Crippen LogP contribution < -0.4 is 15.0 Å². The summed E-state index contributed by atoms with van der Waals surface area (Å²) in [5.74, 6) is -0.324. The van der Waals surface area contributed by atoms with Gasteiger partial charge in [0.2, 0.25) is 5.95 Å². The van der Waals surface area contributed by atoms with Crippen molar-refractivity contribution in [2.24, 2.45) is 0 Å². The summed E-state index contributed by atoms with van der Waals surface area (Å²) in [5.41, 5.74) is 3.01. The molecule has 0 spiro atoms. The van der Waals surface area contributed by atoms with Crippen LogP contribution in [0.15, 0.2) is 55.0 Å². The van der Waals surface area contributed by atoms with Crippen LogP contribution in [0.5, 0.6) is 5.75 Å². The number of carbonyl (C=O) groups is 1. The summed E-state index contributed by atoms with van der Waals surface area (Å²) in [4.78, 5) is 28.4. The molecule has 0 atom stereocenters. The molecule has 0 bridgehead atoms. The predicted octanol–water partition coefficient (Wildman–Crippen LogP) is 2.34. The number of halogens is 1. The average Bonchev–Trinajstić information content (AvgIpc) is 3.38. The van der Waals surface area contributed by atoms with Gasteiger partial charge in [-0.15, -0.1) is 0 Å². The third kappa shape index (κ3) is 5.50. The number of pyridine rings is 1. The van der Waals surface area contributed by atoms with Gasteiger partial charge in [-0.2, -0.15) is 0 Å². The summed E-state index contributed by atoms with van der Waals surface area (Å²) in [7, 11) is 1.59. The Labute approximate surface area is 218 Å². The fraction of sp³-hybridized carbons (Fsp3) is 0.308. The monoisotopic (exact) mass is 521 g/mol. The summed E-state index contributed by atoms with van der Waals surface area (Å²) in [6, 6.07) is 11.4. The minimum atomic E-state index is -0.609. The second-order valence-electron chi connectivity index (χ2n) is 8.68. The van der Waals surface area contributed by atoms with Gasteiger partial charge in [0, 0.05) is 50.7 Å². The van der Waals surface area contributed by atoms with E-state index in [1.165, 1.54) is 0 Å². The van der Waals surface area contributed by atoms with Crippen LogP contribution in [0, 0.1) is 5.82 Å². The van der Waals surface area contributed by atoms with Crippen LogP contribution in [0.4, 0.5) is 21.7 Å². The van der Waals surface area contributed by atoms with Gasteiger partial charge in [0.25, 0.3) is 0 Å². The van der Waals surface area contributed by atoms with Crippen LogP contribution >= 0.6 is 0 Å². The first kappa shape index (κ1) is 25.4. The lowest BCUT2D eigenvalue weighted by Gasteiger charge is -2.36. The number of methoxy groups -OCH3 is 1. The Kier molecular flexibility index (Phi) is 7.61. The van der Waals surface area contributed by atoms with Crippen molar-refractivity contribution in [2.45, 2.75) is 0 Å². The van der Waals surface area contributed by atoms with Gasteiger partial charge in [0.1, 0.15) is 30.3 Å². The lowest BCUT2D eigenvalue weighted by Crippen LogP contribution is -2.47. The highest BCUT2D eigenvalue weighted by Gasteiger charge is 2.19. The Morgan fingerprint density at radius 1 is 1.13 bits per heavy atom. The zero-order valence-electron chi connectivity index (χ0n) is 20.9. The van der Waals surface area contributed by atoms with Crippen molar-refractivity contribution in [3.63, 3.8) is 0 Å². The smallest absolute Gasteiger partial charge is 0.331 e. The molecule has 0 unspecified atom stereocenters. The molecule has 0 aliphatic carbocycles. The number of benzene rings is 1. The number of rotatable bonds is 9. The molecule has 12 heteroatoms. The summed E-state index contributed by atoms with van der Waals surface area (Å²) in [6.07, 6.45) is 4.53. The summed E-state index contributed by atoms with van der Waals surface area (Å²) in [5, 5.41) is 11.9. The SMILES string of the molecule is COc1cc(N2CCN(CCOC(=O)CO)CC2)ccc1Nc1ncc(F)c(-c2cnc3ccccn23)n1.